The first-order chi connectivity index (χ1) is 6.22. The Labute approximate surface area is 79.3 Å². The molecule has 13 heavy (non-hydrogen) atoms. The Bertz CT molecular complexity index is 224. The minimum Gasteiger partial charge on any atom is -0.396 e. The molecule has 1 saturated carbocycles. The predicted octanol–water partition coefficient (Wildman–Crippen LogP) is 1.62. The van der Waals surface area contributed by atoms with Gasteiger partial charge in [-0.25, -0.2) is 0 Å². The normalized spacial score (nSPS) is 44.5. The number of allylic oxidation sites excluding steroid dienone is 1. The summed E-state index contributed by atoms with van der Waals surface area (Å²) in [6.07, 6.45) is 9.83. The van der Waals surface area contributed by atoms with E-state index in [-0.39, 0.29) is 12.0 Å². The predicted molar refractivity (Wildman–Crippen MR) is 51.3 cm³/mol. The van der Waals surface area contributed by atoms with Gasteiger partial charge >= 0.3 is 0 Å². The van der Waals surface area contributed by atoms with Crippen molar-refractivity contribution in [3.63, 3.8) is 0 Å². The molecule has 0 amide bonds. The Balaban J connectivity index is 2.30. The SMILES string of the molecule is OCC12CC=CCC1(O)CCCC2. The highest BCUT2D eigenvalue weighted by Crippen LogP contribution is 2.50. The Kier molecular flexibility index (Phi) is 2.20. The minimum atomic E-state index is -0.616. The van der Waals surface area contributed by atoms with Crippen LogP contribution in [0.15, 0.2) is 12.2 Å². The van der Waals surface area contributed by atoms with Crippen molar-refractivity contribution >= 4 is 0 Å². The number of hydrogen-bond acceptors (Lipinski definition) is 2. The maximum absolute atomic E-state index is 10.4. The Morgan fingerprint density at radius 3 is 2.46 bits per heavy atom. The molecular weight excluding hydrogens is 164 g/mol. The third kappa shape index (κ3) is 1.24. The van der Waals surface area contributed by atoms with Gasteiger partial charge in [0, 0.05) is 5.41 Å². The van der Waals surface area contributed by atoms with Crippen LogP contribution in [0.1, 0.15) is 38.5 Å². The quantitative estimate of drug-likeness (QED) is 0.605. The van der Waals surface area contributed by atoms with Crippen molar-refractivity contribution in [2.75, 3.05) is 6.61 Å². The van der Waals surface area contributed by atoms with Gasteiger partial charge in [0.25, 0.3) is 0 Å². The zero-order valence-electron chi connectivity index (χ0n) is 8.00. The summed E-state index contributed by atoms with van der Waals surface area (Å²) in [7, 11) is 0. The molecule has 2 atom stereocenters. The topological polar surface area (TPSA) is 40.5 Å². The van der Waals surface area contributed by atoms with Crippen molar-refractivity contribution < 1.29 is 10.2 Å². The van der Waals surface area contributed by atoms with Gasteiger partial charge in [-0.15, -0.1) is 0 Å². The fraction of sp³-hybridized carbons (Fsp3) is 0.818. The lowest BCUT2D eigenvalue weighted by molar-refractivity contribution is -0.137. The van der Waals surface area contributed by atoms with E-state index in [0.29, 0.717) is 0 Å². The van der Waals surface area contributed by atoms with E-state index in [1.807, 2.05) is 0 Å². The summed E-state index contributed by atoms with van der Waals surface area (Å²) in [5.74, 6) is 0. The van der Waals surface area contributed by atoms with E-state index in [9.17, 15) is 10.2 Å². The summed E-state index contributed by atoms with van der Waals surface area (Å²) in [6, 6.07) is 0. The van der Waals surface area contributed by atoms with Crippen molar-refractivity contribution in [2.24, 2.45) is 5.41 Å². The molecule has 2 aliphatic carbocycles. The second-order valence-corrected chi connectivity index (χ2v) is 4.56. The van der Waals surface area contributed by atoms with E-state index in [1.54, 1.807) is 0 Å². The molecule has 0 radical (unpaired) electrons. The maximum Gasteiger partial charge on any atom is 0.0762 e. The lowest BCUT2D eigenvalue weighted by Gasteiger charge is -2.51. The van der Waals surface area contributed by atoms with Crippen LogP contribution >= 0.6 is 0 Å². The summed E-state index contributed by atoms with van der Waals surface area (Å²) in [5.41, 5.74) is -0.839. The van der Waals surface area contributed by atoms with E-state index in [1.165, 1.54) is 0 Å². The fourth-order valence-corrected chi connectivity index (χ4v) is 2.87. The molecule has 0 aromatic heterocycles. The summed E-state index contributed by atoms with van der Waals surface area (Å²) >= 11 is 0. The standard InChI is InChI=1S/C11H18O2/c12-9-10-5-1-3-7-11(10,13)8-4-2-6-10/h1,3,12-13H,2,4-9H2. The molecule has 2 aliphatic rings. The number of aliphatic hydroxyl groups excluding tert-OH is 1. The van der Waals surface area contributed by atoms with E-state index in [4.69, 9.17) is 0 Å². The molecule has 1 fully saturated rings. The molecule has 2 rings (SSSR count). The average Bonchev–Trinajstić information content (AvgIpc) is 2.17. The van der Waals surface area contributed by atoms with E-state index >= 15 is 0 Å². The third-order valence-electron chi connectivity index (χ3n) is 3.92. The van der Waals surface area contributed by atoms with Gasteiger partial charge in [0.05, 0.1) is 12.2 Å². The summed E-state index contributed by atoms with van der Waals surface area (Å²) in [4.78, 5) is 0. The average molecular weight is 182 g/mol. The van der Waals surface area contributed by atoms with Gasteiger partial charge in [0.2, 0.25) is 0 Å². The molecule has 2 unspecified atom stereocenters. The van der Waals surface area contributed by atoms with Crippen molar-refractivity contribution in [1.82, 2.24) is 0 Å². The van der Waals surface area contributed by atoms with Crippen LogP contribution in [0.25, 0.3) is 0 Å². The first kappa shape index (κ1) is 9.22. The van der Waals surface area contributed by atoms with E-state index in [0.717, 1.165) is 38.5 Å². The highest BCUT2D eigenvalue weighted by molar-refractivity contribution is 5.12. The van der Waals surface area contributed by atoms with Gasteiger partial charge in [-0.1, -0.05) is 25.0 Å². The molecule has 0 aliphatic heterocycles. The van der Waals surface area contributed by atoms with Crippen LogP contribution in [-0.4, -0.2) is 22.4 Å². The smallest absolute Gasteiger partial charge is 0.0762 e. The lowest BCUT2D eigenvalue weighted by Crippen LogP contribution is -2.53. The molecule has 0 heterocycles. The summed E-state index contributed by atoms with van der Waals surface area (Å²) in [5, 5.41) is 19.9. The molecule has 0 saturated heterocycles. The first-order valence-electron chi connectivity index (χ1n) is 5.21. The van der Waals surface area contributed by atoms with Crippen LogP contribution in [0.3, 0.4) is 0 Å². The third-order valence-corrected chi connectivity index (χ3v) is 3.92. The number of hydrogen-bond donors (Lipinski definition) is 2. The van der Waals surface area contributed by atoms with Crippen LogP contribution in [0.5, 0.6) is 0 Å². The largest absolute Gasteiger partial charge is 0.396 e. The first-order valence-corrected chi connectivity index (χ1v) is 5.21. The van der Waals surface area contributed by atoms with Gasteiger partial charge in [-0.2, -0.15) is 0 Å². The highest BCUT2D eigenvalue weighted by atomic mass is 16.3. The second kappa shape index (κ2) is 3.10. The molecule has 0 spiro atoms. The molecule has 0 aromatic rings. The van der Waals surface area contributed by atoms with Crippen LogP contribution < -0.4 is 0 Å². The molecule has 2 heteroatoms. The number of fused-ring (bicyclic) bond motifs is 1. The molecule has 0 aromatic carbocycles. The Hall–Kier alpha value is -0.340. The monoisotopic (exact) mass is 182 g/mol. The lowest BCUT2D eigenvalue weighted by atomic mass is 9.58. The number of aliphatic hydroxyl groups is 2. The zero-order valence-corrected chi connectivity index (χ0v) is 8.00. The second-order valence-electron chi connectivity index (χ2n) is 4.56. The number of rotatable bonds is 1. The van der Waals surface area contributed by atoms with Crippen molar-refractivity contribution in [3.8, 4) is 0 Å². The fourth-order valence-electron chi connectivity index (χ4n) is 2.87. The van der Waals surface area contributed by atoms with Gasteiger partial charge in [-0.3, -0.25) is 0 Å². The van der Waals surface area contributed by atoms with Crippen molar-refractivity contribution in [2.45, 2.75) is 44.1 Å². The Morgan fingerprint density at radius 2 is 1.77 bits per heavy atom. The minimum absolute atomic E-state index is 0.133. The van der Waals surface area contributed by atoms with E-state index in [2.05, 4.69) is 12.2 Å². The molecule has 0 bridgehead atoms. The maximum atomic E-state index is 10.4. The molecule has 2 N–H and O–H groups in total. The molecular formula is C11H18O2. The summed E-state index contributed by atoms with van der Waals surface area (Å²) < 4.78 is 0. The molecule has 2 nitrogen and oxygen atoms in total. The van der Waals surface area contributed by atoms with Crippen molar-refractivity contribution in [3.05, 3.63) is 12.2 Å². The zero-order chi connectivity index (χ0) is 9.36. The van der Waals surface area contributed by atoms with Gasteiger partial charge in [-0.05, 0) is 25.7 Å². The Morgan fingerprint density at radius 1 is 1.08 bits per heavy atom. The van der Waals surface area contributed by atoms with Crippen LogP contribution in [0, 0.1) is 5.41 Å². The van der Waals surface area contributed by atoms with Crippen LogP contribution in [-0.2, 0) is 0 Å². The highest BCUT2D eigenvalue weighted by Gasteiger charge is 2.50. The molecule has 74 valence electrons. The van der Waals surface area contributed by atoms with Gasteiger partial charge < -0.3 is 10.2 Å². The van der Waals surface area contributed by atoms with Crippen LogP contribution in [0.4, 0.5) is 0 Å². The summed E-state index contributed by atoms with van der Waals surface area (Å²) in [6.45, 7) is 0.133. The van der Waals surface area contributed by atoms with Crippen molar-refractivity contribution in [1.29, 1.82) is 0 Å². The van der Waals surface area contributed by atoms with E-state index < -0.39 is 5.60 Å². The van der Waals surface area contributed by atoms with Gasteiger partial charge in [0.15, 0.2) is 0 Å². The van der Waals surface area contributed by atoms with Gasteiger partial charge in [0.1, 0.15) is 0 Å². The van der Waals surface area contributed by atoms with Crippen LogP contribution in [0.2, 0.25) is 0 Å².